The van der Waals surface area contributed by atoms with Crippen molar-refractivity contribution in [1.29, 1.82) is 0 Å². The molecular formula is C12H22O5S. The number of ether oxygens (including phenoxy) is 1. The molecule has 0 aromatic carbocycles. The van der Waals surface area contributed by atoms with Crippen molar-refractivity contribution in [1.82, 2.24) is 0 Å². The summed E-state index contributed by atoms with van der Waals surface area (Å²) in [7, 11) is -3.30. The second-order valence-electron chi connectivity index (χ2n) is 5.91. The van der Waals surface area contributed by atoms with Crippen molar-refractivity contribution in [3.63, 3.8) is 0 Å². The highest BCUT2D eigenvalue weighted by atomic mass is 32.2. The molecule has 1 rings (SSSR count). The third-order valence-corrected chi connectivity index (χ3v) is 6.48. The van der Waals surface area contributed by atoms with Crippen molar-refractivity contribution in [2.75, 3.05) is 12.4 Å². The van der Waals surface area contributed by atoms with E-state index in [1.165, 1.54) is 0 Å². The fourth-order valence-corrected chi connectivity index (χ4v) is 3.36. The molecule has 1 heterocycles. The minimum Gasteiger partial charge on any atom is -0.481 e. The number of sulfone groups is 1. The Balaban J connectivity index is 2.87. The molecule has 1 aliphatic rings. The normalized spacial score (nSPS) is 29.4. The van der Waals surface area contributed by atoms with Crippen LogP contribution >= 0.6 is 0 Å². The molecule has 2 unspecified atom stereocenters. The molecule has 1 saturated heterocycles. The molecule has 6 heteroatoms. The van der Waals surface area contributed by atoms with Crippen LogP contribution in [0.5, 0.6) is 0 Å². The van der Waals surface area contributed by atoms with Crippen LogP contribution in [0.1, 0.15) is 40.5 Å². The van der Waals surface area contributed by atoms with Crippen LogP contribution in [0.2, 0.25) is 0 Å². The van der Waals surface area contributed by atoms with Gasteiger partial charge in [-0.05, 0) is 40.5 Å². The minimum absolute atomic E-state index is 0.114. The third-order valence-electron chi connectivity index (χ3n) is 3.87. The van der Waals surface area contributed by atoms with E-state index in [4.69, 9.17) is 4.74 Å². The van der Waals surface area contributed by atoms with Crippen LogP contribution in [-0.4, -0.2) is 42.7 Å². The van der Waals surface area contributed by atoms with E-state index in [2.05, 4.69) is 0 Å². The van der Waals surface area contributed by atoms with E-state index < -0.39 is 32.1 Å². The van der Waals surface area contributed by atoms with Crippen LogP contribution in [0.15, 0.2) is 0 Å². The first-order chi connectivity index (χ1) is 8.03. The van der Waals surface area contributed by atoms with Crippen LogP contribution in [0.3, 0.4) is 0 Å². The highest BCUT2D eigenvalue weighted by Gasteiger charge is 2.49. The first-order valence-electron chi connectivity index (χ1n) is 6.10. The minimum atomic E-state index is -3.30. The highest BCUT2D eigenvalue weighted by molar-refractivity contribution is 7.92. The van der Waals surface area contributed by atoms with Crippen LogP contribution in [-0.2, 0) is 19.4 Å². The number of rotatable bonds is 4. The predicted octanol–water partition coefficient (Wildman–Crippen LogP) is 1.47. The van der Waals surface area contributed by atoms with Crippen LogP contribution in [0.25, 0.3) is 0 Å². The summed E-state index contributed by atoms with van der Waals surface area (Å²) in [4.78, 5) is 11.4. The first-order valence-corrected chi connectivity index (χ1v) is 7.75. The van der Waals surface area contributed by atoms with Crippen LogP contribution in [0, 0.1) is 5.41 Å². The van der Waals surface area contributed by atoms with E-state index in [-0.39, 0.29) is 12.2 Å². The van der Waals surface area contributed by atoms with E-state index in [0.29, 0.717) is 13.0 Å². The average molecular weight is 278 g/mol. The van der Waals surface area contributed by atoms with Crippen LogP contribution < -0.4 is 0 Å². The van der Waals surface area contributed by atoms with E-state index in [0.717, 1.165) is 0 Å². The Bertz CT molecular complexity index is 420. The fraction of sp³-hybridized carbons (Fsp3) is 0.917. The van der Waals surface area contributed by atoms with Gasteiger partial charge in [-0.2, -0.15) is 0 Å². The van der Waals surface area contributed by atoms with Gasteiger partial charge in [0.1, 0.15) is 0 Å². The average Bonchev–Trinajstić information content (AvgIpc) is 2.56. The van der Waals surface area contributed by atoms with Crippen molar-refractivity contribution in [3.05, 3.63) is 0 Å². The molecule has 2 atom stereocenters. The molecule has 0 amide bonds. The van der Waals surface area contributed by atoms with Gasteiger partial charge < -0.3 is 9.84 Å². The summed E-state index contributed by atoms with van der Waals surface area (Å²) in [5.41, 5.74) is -1.06. The van der Waals surface area contributed by atoms with Gasteiger partial charge in [-0.1, -0.05) is 0 Å². The molecule has 18 heavy (non-hydrogen) atoms. The Morgan fingerprint density at radius 2 is 2.00 bits per heavy atom. The number of carboxylic acid groups (broad SMARTS) is 1. The summed E-state index contributed by atoms with van der Waals surface area (Å²) in [6, 6.07) is 0. The lowest BCUT2D eigenvalue weighted by Gasteiger charge is -2.29. The van der Waals surface area contributed by atoms with Gasteiger partial charge in [0.15, 0.2) is 9.84 Å². The lowest BCUT2D eigenvalue weighted by molar-refractivity contribution is -0.152. The maximum Gasteiger partial charge on any atom is 0.312 e. The van der Waals surface area contributed by atoms with Gasteiger partial charge in [0.25, 0.3) is 0 Å². The zero-order valence-electron chi connectivity index (χ0n) is 11.4. The molecule has 0 saturated carbocycles. The van der Waals surface area contributed by atoms with Crippen LogP contribution in [0.4, 0.5) is 0 Å². The highest BCUT2D eigenvalue weighted by Crippen LogP contribution is 2.39. The topological polar surface area (TPSA) is 80.7 Å². The van der Waals surface area contributed by atoms with Gasteiger partial charge in [-0.3, -0.25) is 4.79 Å². The standard InChI is InChI=1S/C12H22O5S/c1-9-12(10(13)14,5-7-17-9)6-8-18(15,16)11(2,3)4/h9H,5-8H2,1-4H3,(H,13,14). The second kappa shape index (κ2) is 4.81. The van der Waals surface area contributed by atoms with Gasteiger partial charge in [0, 0.05) is 6.61 Å². The van der Waals surface area contributed by atoms with Crippen molar-refractivity contribution >= 4 is 15.8 Å². The first kappa shape index (κ1) is 15.4. The molecule has 1 aliphatic heterocycles. The summed E-state index contributed by atoms with van der Waals surface area (Å²) in [6.07, 6.45) is 0.0527. The molecular weight excluding hydrogens is 256 g/mol. The van der Waals surface area contributed by atoms with E-state index in [9.17, 15) is 18.3 Å². The lowest BCUT2D eigenvalue weighted by atomic mass is 9.79. The summed E-state index contributed by atoms with van der Waals surface area (Å²) in [5.74, 6) is -1.08. The number of carbonyl (C=O) groups is 1. The number of aliphatic carboxylic acids is 1. The van der Waals surface area contributed by atoms with Gasteiger partial charge >= 0.3 is 5.97 Å². The summed E-state index contributed by atoms with van der Waals surface area (Å²) >= 11 is 0. The zero-order valence-corrected chi connectivity index (χ0v) is 12.2. The van der Waals surface area contributed by atoms with E-state index >= 15 is 0 Å². The molecule has 1 N–H and O–H groups in total. The van der Waals surface area contributed by atoms with Gasteiger partial charge in [0.2, 0.25) is 0 Å². The molecule has 0 aromatic rings. The Kier molecular flexibility index (Phi) is 4.13. The van der Waals surface area contributed by atoms with Gasteiger partial charge in [-0.15, -0.1) is 0 Å². The molecule has 0 spiro atoms. The SMILES string of the molecule is CC1OCCC1(CCS(=O)(=O)C(C)(C)C)C(=O)O. The molecule has 0 aliphatic carbocycles. The monoisotopic (exact) mass is 278 g/mol. The smallest absolute Gasteiger partial charge is 0.312 e. The molecule has 1 fully saturated rings. The molecule has 0 radical (unpaired) electrons. The number of hydrogen-bond donors (Lipinski definition) is 1. The van der Waals surface area contributed by atoms with Gasteiger partial charge in [-0.25, -0.2) is 8.42 Å². The Morgan fingerprint density at radius 3 is 2.33 bits per heavy atom. The fourth-order valence-electron chi connectivity index (χ4n) is 2.12. The number of carboxylic acids is 1. The second-order valence-corrected chi connectivity index (χ2v) is 8.77. The molecule has 0 bridgehead atoms. The summed E-state index contributed by atoms with van der Waals surface area (Å²) in [5, 5.41) is 9.36. The van der Waals surface area contributed by atoms with Crippen molar-refractivity contribution < 1.29 is 23.1 Å². The molecule has 5 nitrogen and oxygen atoms in total. The Hall–Kier alpha value is -0.620. The largest absolute Gasteiger partial charge is 0.481 e. The summed E-state index contributed by atoms with van der Waals surface area (Å²) < 4.78 is 28.5. The number of hydrogen-bond acceptors (Lipinski definition) is 4. The Morgan fingerprint density at radius 1 is 1.44 bits per heavy atom. The lowest BCUT2D eigenvalue weighted by Crippen LogP contribution is -2.41. The summed E-state index contributed by atoms with van der Waals surface area (Å²) in [6.45, 7) is 6.97. The van der Waals surface area contributed by atoms with Crippen molar-refractivity contribution in [3.8, 4) is 0 Å². The zero-order chi connectivity index (χ0) is 14.2. The van der Waals surface area contributed by atoms with E-state index in [1.807, 2.05) is 0 Å². The predicted molar refractivity (Wildman–Crippen MR) is 68.3 cm³/mol. The van der Waals surface area contributed by atoms with E-state index in [1.54, 1.807) is 27.7 Å². The van der Waals surface area contributed by atoms with Crippen molar-refractivity contribution in [2.45, 2.75) is 51.4 Å². The quantitative estimate of drug-likeness (QED) is 0.842. The molecule has 106 valence electrons. The Labute approximate surface area is 108 Å². The van der Waals surface area contributed by atoms with Gasteiger partial charge in [0.05, 0.1) is 22.0 Å². The third kappa shape index (κ3) is 2.69. The maximum atomic E-state index is 12.0. The maximum absolute atomic E-state index is 12.0. The molecule has 0 aromatic heterocycles. The van der Waals surface area contributed by atoms with Crippen molar-refractivity contribution in [2.24, 2.45) is 5.41 Å².